The number of fused-ring (bicyclic) bond motifs is 3. The van der Waals surface area contributed by atoms with Gasteiger partial charge in [-0.15, -0.1) is 0 Å². The molecule has 2 aliphatic heterocycles. The summed E-state index contributed by atoms with van der Waals surface area (Å²) in [4.78, 5) is 44.5. The predicted molar refractivity (Wildman–Crippen MR) is 155 cm³/mol. The van der Waals surface area contributed by atoms with E-state index in [1.807, 2.05) is 0 Å². The number of anilines is 2. The molecule has 7 unspecified atom stereocenters. The Morgan fingerprint density at radius 1 is 0.979 bits per heavy atom. The lowest BCUT2D eigenvalue weighted by atomic mass is 10.1. The van der Waals surface area contributed by atoms with Crippen molar-refractivity contribution in [2.75, 3.05) is 37.4 Å². The normalized spacial score (nSPS) is 33.7. The van der Waals surface area contributed by atoms with Crippen LogP contribution in [0.5, 0.6) is 0 Å². The maximum atomic E-state index is 13.2. The molecule has 24 heteroatoms. The van der Waals surface area contributed by atoms with Crippen LogP contribution in [0.25, 0.3) is 22.3 Å². The van der Waals surface area contributed by atoms with Crippen molar-refractivity contribution in [1.29, 1.82) is 0 Å². The van der Waals surface area contributed by atoms with Gasteiger partial charge in [0, 0.05) is 5.92 Å². The molecule has 3 fully saturated rings. The molecule has 254 valence electrons. The number of hydrogen-bond donors (Lipinski definition) is 7. The third-order valence-corrected chi connectivity index (χ3v) is 9.82. The minimum absolute atomic E-state index is 0.0810. The third-order valence-electron chi connectivity index (χ3n) is 8.38. The molecule has 2 saturated heterocycles. The molecule has 6 heterocycles. The standard InChI is InChI=1S/C23H30N10O12P2/c24-17-12-19(28-3-26-17)32(5-30-12)21-14(35)15(41-7-46(37)38)10(44-21)2-43-47(39,40)8-42-16-11-9(1-34)23(11,36)45-22(16)33-6-31-13-18(25)27-4-29-20(13)33/h3-6,9-11,14-16,21-22,34-36,46H,1-2,7-8H2,(H,37,38)(H,39,40)(H2,24,26,28)(H2,25,27,29)/t9-,10-,11?,14?,15?,16?,21-,22-,23?/m1/s1. The zero-order valence-corrected chi connectivity index (χ0v) is 25.9. The second-order valence-corrected chi connectivity index (χ2v) is 14.0. The van der Waals surface area contributed by atoms with E-state index in [4.69, 9.17) is 34.9 Å². The van der Waals surface area contributed by atoms with Crippen LogP contribution in [0.3, 0.4) is 0 Å². The van der Waals surface area contributed by atoms with Gasteiger partial charge in [-0.3, -0.25) is 18.3 Å². The van der Waals surface area contributed by atoms with E-state index in [1.165, 1.54) is 34.4 Å². The Morgan fingerprint density at radius 2 is 1.60 bits per heavy atom. The molecule has 22 nitrogen and oxygen atoms in total. The second kappa shape index (κ2) is 12.0. The zero-order chi connectivity index (χ0) is 33.2. The summed E-state index contributed by atoms with van der Waals surface area (Å²) in [5.41, 5.74) is 12.7. The molecule has 4 aromatic rings. The molecule has 9 N–H and O–H groups in total. The van der Waals surface area contributed by atoms with Crippen molar-refractivity contribution in [1.82, 2.24) is 39.0 Å². The van der Waals surface area contributed by atoms with Crippen molar-refractivity contribution in [2.24, 2.45) is 11.8 Å². The smallest absolute Gasteiger partial charge is 0.353 e. The summed E-state index contributed by atoms with van der Waals surface area (Å²) in [5.74, 6) is -3.08. The maximum absolute atomic E-state index is 13.2. The molecule has 1 saturated carbocycles. The van der Waals surface area contributed by atoms with Gasteiger partial charge in [-0.25, -0.2) is 29.9 Å². The van der Waals surface area contributed by atoms with Crippen LogP contribution in [0, 0.1) is 11.8 Å². The molecule has 0 radical (unpaired) electrons. The van der Waals surface area contributed by atoms with Gasteiger partial charge in [0.2, 0.25) is 8.03 Å². The first-order valence-electron chi connectivity index (χ1n) is 14.1. The Morgan fingerprint density at radius 3 is 2.19 bits per heavy atom. The first-order valence-corrected chi connectivity index (χ1v) is 17.4. The Hall–Kier alpha value is -3.24. The molecule has 7 rings (SSSR count). The van der Waals surface area contributed by atoms with E-state index in [0.29, 0.717) is 0 Å². The summed E-state index contributed by atoms with van der Waals surface area (Å²) in [5, 5.41) is 31.8. The van der Waals surface area contributed by atoms with Crippen molar-refractivity contribution in [3.63, 3.8) is 0 Å². The van der Waals surface area contributed by atoms with E-state index in [2.05, 4.69) is 29.9 Å². The number of nitrogens with zero attached hydrogens (tertiary/aromatic N) is 8. The number of aromatic nitrogens is 8. The molecule has 0 aromatic carbocycles. The number of aliphatic hydroxyl groups is 3. The van der Waals surface area contributed by atoms with E-state index >= 15 is 0 Å². The highest BCUT2D eigenvalue weighted by Crippen LogP contribution is 2.63. The van der Waals surface area contributed by atoms with Crippen LogP contribution < -0.4 is 11.5 Å². The SMILES string of the molecule is Nc1ncnc2c1ncn2[C@@H]1O[C@H](COP(=O)(O)COC2C3[C@@H](CO)C3(O)O[C@H]2n2cnc3c(N)ncnc32)C(OC[PH](=O)O)C1O. The number of nitrogens with two attached hydrogens (primary N) is 2. The fourth-order valence-corrected chi connectivity index (χ4v) is 7.29. The molecular formula is C23H30N10O12P2. The number of imidazole rings is 2. The fraction of sp³-hybridized carbons (Fsp3) is 0.565. The maximum Gasteiger partial charge on any atom is 0.353 e. The van der Waals surface area contributed by atoms with Crippen LogP contribution in [-0.2, 0) is 32.6 Å². The lowest BCUT2D eigenvalue weighted by Crippen LogP contribution is -2.36. The largest absolute Gasteiger partial charge is 0.396 e. The zero-order valence-electron chi connectivity index (χ0n) is 24.0. The first-order chi connectivity index (χ1) is 22.4. The molecule has 1 aliphatic carbocycles. The van der Waals surface area contributed by atoms with Gasteiger partial charge in [0.1, 0.15) is 60.8 Å². The average Bonchev–Trinajstić information content (AvgIpc) is 3.55. The molecule has 47 heavy (non-hydrogen) atoms. The number of nitrogen functional groups attached to an aromatic ring is 2. The third kappa shape index (κ3) is 5.59. The predicted octanol–water partition coefficient (Wildman–Crippen LogP) is -2.10. The summed E-state index contributed by atoms with van der Waals surface area (Å²) in [7, 11) is -7.72. The molecule has 11 atom stereocenters. The van der Waals surface area contributed by atoms with Crippen molar-refractivity contribution < 1.29 is 57.7 Å². The first kappa shape index (κ1) is 32.3. The van der Waals surface area contributed by atoms with Gasteiger partial charge in [0.05, 0.1) is 31.8 Å². The van der Waals surface area contributed by atoms with Crippen LogP contribution in [0.1, 0.15) is 12.5 Å². The van der Waals surface area contributed by atoms with Gasteiger partial charge < -0.3 is 60.0 Å². The van der Waals surface area contributed by atoms with Gasteiger partial charge >= 0.3 is 7.60 Å². The van der Waals surface area contributed by atoms with E-state index in [9.17, 15) is 34.2 Å². The fourth-order valence-electron chi connectivity index (χ4n) is 6.14. The summed E-state index contributed by atoms with van der Waals surface area (Å²) in [6.07, 6.45) is -3.77. The lowest BCUT2D eigenvalue weighted by Gasteiger charge is -2.26. The number of ether oxygens (including phenoxy) is 4. The van der Waals surface area contributed by atoms with Crippen molar-refractivity contribution in [2.45, 2.75) is 42.7 Å². The van der Waals surface area contributed by atoms with Crippen LogP contribution in [0.4, 0.5) is 11.6 Å². The Labute approximate surface area is 263 Å². The van der Waals surface area contributed by atoms with Gasteiger partial charge in [-0.1, -0.05) is 0 Å². The molecule has 0 spiro atoms. The Kier molecular flexibility index (Phi) is 8.26. The molecule has 0 amide bonds. The second-order valence-electron chi connectivity index (χ2n) is 11.2. The topological polar surface area (TPSA) is 321 Å². The van der Waals surface area contributed by atoms with Gasteiger partial charge in [-0.05, 0) is 0 Å². The summed E-state index contributed by atoms with van der Waals surface area (Å²) in [6, 6.07) is 0. The van der Waals surface area contributed by atoms with E-state index < -0.39 is 96.0 Å². The Balaban J connectivity index is 1.07. The summed E-state index contributed by atoms with van der Waals surface area (Å²) < 4.78 is 55.8. The number of hydrogen-bond acceptors (Lipinski definition) is 18. The summed E-state index contributed by atoms with van der Waals surface area (Å²) in [6.45, 7) is -1.05. The molecule has 0 bridgehead atoms. The van der Waals surface area contributed by atoms with E-state index in [0.717, 1.165) is 0 Å². The van der Waals surface area contributed by atoms with Crippen molar-refractivity contribution in [3.8, 4) is 0 Å². The molecule has 3 aliphatic rings. The minimum atomic E-state index is -4.60. The van der Waals surface area contributed by atoms with Crippen molar-refractivity contribution in [3.05, 3.63) is 25.3 Å². The van der Waals surface area contributed by atoms with Crippen LogP contribution >= 0.6 is 15.6 Å². The van der Waals surface area contributed by atoms with Gasteiger partial charge in [-0.2, -0.15) is 0 Å². The molecule has 4 aromatic heterocycles. The highest BCUT2D eigenvalue weighted by molar-refractivity contribution is 7.52. The van der Waals surface area contributed by atoms with Crippen LogP contribution in [0.2, 0.25) is 0 Å². The van der Waals surface area contributed by atoms with Crippen LogP contribution in [0.15, 0.2) is 25.3 Å². The van der Waals surface area contributed by atoms with Crippen molar-refractivity contribution >= 4 is 49.6 Å². The van der Waals surface area contributed by atoms with E-state index in [1.54, 1.807) is 0 Å². The van der Waals surface area contributed by atoms with Gasteiger partial charge in [0.15, 0.2) is 41.2 Å². The lowest BCUT2D eigenvalue weighted by molar-refractivity contribution is -0.185. The average molecular weight is 700 g/mol. The highest BCUT2D eigenvalue weighted by Gasteiger charge is 2.76. The monoisotopic (exact) mass is 700 g/mol. The van der Waals surface area contributed by atoms with E-state index in [-0.39, 0.29) is 34.0 Å². The molecular weight excluding hydrogens is 670 g/mol. The highest BCUT2D eigenvalue weighted by atomic mass is 31.2. The quantitative estimate of drug-likeness (QED) is 0.0778. The minimum Gasteiger partial charge on any atom is -0.396 e. The number of rotatable bonds is 12. The van der Waals surface area contributed by atoms with Gasteiger partial charge in [0.25, 0.3) is 0 Å². The Bertz CT molecular complexity index is 1880. The van der Waals surface area contributed by atoms with Crippen LogP contribution in [-0.4, -0.2) is 120 Å². The summed E-state index contributed by atoms with van der Waals surface area (Å²) >= 11 is 0. The number of aliphatic hydroxyl groups excluding tert-OH is 2.